The third-order valence-corrected chi connectivity index (χ3v) is 2.78. The van der Waals surface area contributed by atoms with Gasteiger partial charge in [0, 0.05) is 13.1 Å². The van der Waals surface area contributed by atoms with Crippen LogP contribution in [-0.2, 0) is 6.18 Å². The van der Waals surface area contributed by atoms with Gasteiger partial charge in [-0.3, -0.25) is 0 Å². The maximum absolute atomic E-state index is 12.6. The molecule has 1 saturated heterocycles. The van der Waals surface area contributed by atoms with Gasteiger partial charge in [0.05, 0.1) is 0 Å². The Morgan fingerprint density at radius 2 is 1.81 bits per heavy atom. The molecule has 1 aromatic heterocycles. The van der Waals surface area contributed by atoms with Crippen molar-refractivity contribution in [1.82, 2.24) is 14.9 Å². The van der Waals surface area contributed by atoms with Crippen LogP contribution in [0, 0.1) is 4.77 Å². The van der Waals surface area contributed by atoms with Crippen molar-refractivity contribution < 1.29 is 13.2 Å². The van der Waals surface area contributed by atoms with Gasteiger partial charge in [-0.2, -0.15) is 13.2 Å². The lowest BCUT2D eigenvalue weighted by molar-refractivity contribution is -0.147. The van der Waals surface area contributed by atoms with Crippen LogP contribution in [0.4, 0.5) is 13.2 Å². The summed E-state index contributed by atoms with van der Waals surface area (Å²) < 4.78 is 38.9. The number of alkyl halides is 3. The number of aromatic nitrogens is 3. The summed E-state index contributed by atoms with van der Waals surface area (Å²) in [4.78, 5) is 0. The topological polar surface area (TPSA) is 36.9 Å². The highest BCUT2D eigenvalue weighted by atomic mass is 32.1. The summed E-state index contributed by atoms with van der Waals surface area (Å²) in [6.45, 7) is 1.16. The van der Waals surface area contributed by atoms with E-state index >= 15 is 0 Å². The molecule has 1 N–H and O–H groups in total. The lowest BCUT2D eigenvalue weighted by atomic mass is 10.2. The Labute approximate surface area is 95.0 Å². The Morgan fingerprint density at radius 3 is 2.38 bits per heavy atom. The Balaban J connectivity index is 2.38. The first-order valence-corrected chi connectivity index (χ1v) is 5.41. The van der Waals surface area contributed by atoms with Crippen LogP contribution in [0.15, 0.2) is 0 Å². The third-order valence-electron chi connectivity index (χ3n) is 2.52. The summed E-state index contributed by atoms with van der Waals surface area (Å²) in [5.41, 5.74) is 0. The highest BCUT2D eigenvalue weighted by molar-refractivity contribution is 7.71. The van der Waals surface area contributed by atoms with Gasteiger partial charge >= 0.3 is 6.18 Å². The van der Waals surface area contributed by atoms with E-state index in [4.69, 9.17) is 12.2 Å². The van der Waals surface area contributed by atoms with Crippen LogP contribution in [0.5, 0.6) is 0 Å². The number of aromatic amines is 1. The van der Waals surface area contributed by atoms with Crippen LogP contribution >= 0.6 is 12.2 Å². The number of nitrogens with one attached hydrogen (secondary N) is 1. The molecule has 0 aliphatic carbocycles. The third kappa shape index (κ3) is 2.06. The van der Waals surface area contributed by atoms with Gasteiger partial charge in [0.1, 0.15) is 0 Å². The first-order valence-electron chi connectivity index (χ1n) is 5.00. The summed E-state index contributed by atoms with van der Waals surface area (Å²) in [6, 6.07) is 0. The zero-order valence-electron chi connectivity index (χ0n) is 8.42. The molecule has 1 aliphatic heterocycles. The second-order valence-electron chi connectivity index (χ2n) is 3.68. The number of rotatable bonds is 1. The lowest BCUT2D eigenvalue weighted by Gasteiger charge is -2.30. The molecular formula is C8H11F3N4S. The van der Waals surface area contributed by atoms with Crippen molar-refractivity contribution in [1.29, 1.82) is 0 Å². The summed E-state index contributed by atoms with van der Waals surface area (Å²) in [5.74, 6) is -0.973. The maximum Gasteiger partial charge on any atom is 0.453 e. The van der Waals surface area contributed by atoms with E-state index in [0.29, 0.717) is 13.1 Å². The van der Waals surface area contributed by atoms with Crippen LogP contribution in [0.25, 0.3) is 0 Å². The van der Waals surface area contributed by atoms with Gasteiger partial charge in [-0.05, 0) is 31.5 Å². The average Bonchev–Trinajstić information content (AvgIpc) is 2.61. The number of H-pyrrole nitrogens is 1. The molecule has 0 atom stereocenters. The van der Waals surface area contributed by atoms with Gasteiger partial charge in [-0.1, -0.05) is 0 Å². The molecule has 0 saturated carbocycles. The molecule has 0 aromatic carbocycles. The predicted molar refractivity (Wildman–Crippen MR) is 54.2 cm³/mol. The fourth-order valence-corrected chi connectivity index (χ4v) is 2.06. The molecule has 2 heterocycles. The minimum atomic E-state index is -4.48. The zero-order chi connectivity index (χ0) is 11.8. The number of nitrogens with zero attached hydrogens (tertiary/aromatic N) is 3. The second kappa shape index (κ2) is 4.08. The van der Waals surface area contributed by atoms with Gasteiger partial charge < -0.3 is 5.01 Å². The molecule has 0 spiro atoms. The van der Waals surface area contributed by atoms with Crippen LogP contribution in [0.3, 0.4) is 0 Å². The fourth-order valence-electron chi connectivity index (χ4n) is 1.81. The molecule has 2 rings (SSSR count). The van der Waals surface area contributed by atoms with Gasteiger partial charge in [0.25, 0.3) is 5.82 Å². The summed E-state index contributed by atoms with van der Waals surface area (Å²) in [5, 5.41) is 7.03. The molecule has 0 unspecified atom stereocenters. The van der Waals surface area contributed by atoms with Crippen LogP contribution in [0.1, 0.15) is 25.1 Å². The zero-order valence-corrected chi connectivity index (χ0v) is 9.24. The summed E-state index contributed by atoms with van der Waals surface area (Å²) in [7, 11) is 0. The number of hydrogen-bond acceptors (Lipinski definition) is 3. The SMILES string of the molecule is FC(F)(F)c1n[nH]c(=S)n1N1CCCCC1. The largest absolute Gasteiger partial charge is 0.453 e. The van der Waals surface area contributed by atoms with Crippen LogP contribution in [0.2, 0.25) is 0 Å². The number of halogens is 3. The van der Waals surface area contributed by atoms with Gasteiger partial charge in [0.15, 0.2) is 0 Å². The number of hydrogen-bond donors (Lipinski definition) is 1. The monoisotopic (exact) mass is 252 g/mol. The Kier molecular flexibility index (Phi) is 2.92. The first-order chi connectivity index (χ1) is 7.50. The lowest BCUT2D eigenvalue weighted by Crippen LogP contribution is -2.41. The van der Waals surface area contributed by atoms with E-state index in [2.05, 4.69) is 10.2 Å². The molecule has 1 fully saturated rings. The molecule has 1 aromatic rings. The second-order valence-corrected chi connectivity index (χ2v) is 4.06. The van der Waals surface area contributed by atoms with E-state index in [1.807, 2.05) is 0 Å². The average molecular weight is 252 g/mol. The standard InChI is InChI=1S/C8H11F3N4S/c9-8(10,11)6-12-13-7(16)15(6)14-4-2-1-3-5-14/h1-5H2,(H,13,16). The minimum Gasteiger partial charge on any atom is -0.309 e. The normalized spacial score (nSPS) is 17.8. The van der Waals surface area contributed by atoms with Gasteiger partial charge in [-0.25, -0.2) is 9.77 Å². The van der Waals surface area contributed by atoms with E-state index < -0.39 is 12.0 Å². The Morgan fingerprint density at radius 1 is 1.19 bits per heavy atom. The summed E-state index contributed by atoms with van der Waals surface area (Å²) >= 11 is 4.83. The van der Waals surface area contributed by atoms with E-state index in [1.54, 1.807) is 5.01 Å². The Bertz CT molecular complexity index is 416. The molecule has 0 radical (unpaired) electrons. The van der Waals surface area contributed by atoms with Gasteiger partial charge in [-0.15, -0.1) is 5.10 Å². The molecule has 16 heavy (non-hydrogen) atoms. The molecule has 0 bridgehead atoms. The van der Waals surface area contributed by atoms with E-state index in [-0.39, 0.29) is 4.77 Å². The molecule has 90 valence electrons. The first kappa shape index (κ1) is 11.4. The van der Waals surface area contributed by atoms with Crippen molar-refractivity contribution >= 4 is 12.2 Å². The Hall–Kier alpha value is -1.05. The molecular weight excluding hydrogens is 241 g/mol. The fraction of sp³-hybridized carbons (Fsp3) is 0.750. The van der Waals surface area contributed by atoms with Crippen LogP contribution in [-0.4, -0.2) is 28.0 Å². The van der Waals surface area contributed by atoms with E-state index in [1.165, 1.54) is 0 Å². The predicted octanol–water partition coefficient (Wildman–Crippen LogP) is 2.08. The van der Waals surface area contributed by atoms with Gasteiger partial charge in [0.2, 0.25) is 4.77 Å². The van der Waals surface area contributed by atoms with Crippen molar-refractivity contribution in [3.8, 4) is 0 Å². The van der Waals surface area contributed by atoms with E-state index in [9.17, 15) is 13.2 Å². The van der Waals surface area contributed by atoms with Crippen molar-refractivity contribution in [2.24, 2.45) is 0 Å². The molecule has 0 amide bonds. The molecule has 4 nitrogen and oxygen atoms in total. The highest BCUT2D eigenvalue weighted by Crippen LogP contribution is 2.28. The summed E-state index contributed by atoms with van der Waals surface area (Å²) in [6.07, 6.45) is -1.68. The number of piperidine rings is 1. The maximum atomic E-state index is 12.6. The van der Waals surface area contributed by atoms with Crippen molar-refractivity contribution in [2.75, 3.05) is 18.1 Å². The molecule has 1 aliphatic rings. The smallest absolute Gasteiger partial charge is 0.309 e. The molecule has 8 heteroatoms. The minimum absolute atomic E-state index is 0.00535. The van der Waals surface area contributed by atoms with Crippen molar-refractivity contribution in [3.63, 3.8) is 0 Å². The highest BCUT2D eigenvalue weighted by Gasteiger charge is 2.39. The van der Waals surface area contributed by atoms with Crippen LogP contribution < -0.4 is 5.01 Å². The van der Waals surface area contributed by atoms with Crippen molar-refractivity contribution in [3.05, 3.63) is 10.6 Å². The van der Waals surface area contributed by atoms with E-state index in [0.717, 1.165) is 23.9 Å². The van der Waals surface area contributed by atoms with Crippen molar-refractivity contribution in [2.45, 2.75) is 25.4 Å². The quantitative estimate of drug-likeness (QED) is 0.777.